The largest absolute Gasteiger partial charge is 0.478 e. The molecular weight excluding hydrogens is 290 g/mol. The van der Waals surface area contributed by atoms with E-state index >= 15 is 0 Å². The van der Waals surface area contributed by atoms with E-state index < -0.39 is 27.1 Å². The van der Waals surface area contributed by atoms with E-state index in [1.165, 1.54) is 19.2 Å². The molecule has 1 aromatic heterocycles. The highest BCUT2D eigenvalue weighted by molar-refractivity contribution is 7.91. The maximum absolute atomic E-state index is 12.1. The first-order chi connectivity index (χ1) is 8.37. The second-order valence-electron chi connectivity index (χ2n) is 5.25. The predicted molar refractivity (Wildman–Crippen MR) is 72.0 cm³/mol. The van der Waals surface area contributed by atoms with Gasteiger partial charge in [0.15, 0.2) is 0 Å². The Hall–Kier alpha value is -0.960. The Labute approximate surface area is 116 Å². The number of nitrogens with one attached hydrogen (secondary N) is 1. The number of hydrogen-bond acceptors (Lipinski definition) is 5. The van der Waals surface area contributed by atoms with Gasteiger partial charge in [-0.3, -0.25) is 0 Å². The summed E-state index contributed by atoms with van der Waals surface area (Å²) < 4.78 is 26.5. The van der Waals surface area contributed by atoms with Gasteiger partial charge >= 0.3 is 5.97 Å². The molecule has 0 amide bonds. The summed E-state index contributed by atoms with van der Waals surface area (Å²) in [4.78, 5) is 10.7. The van der Waals surface area contributed by atoms with Gasteiger partial charge in [0.25, 0.3) is 10.0 Å². The highest BCUT2D eigenvalue weighted by Crippen LogP contribution is 2.26. The monoisotopic (exact) mass is 307 g/mol. The first-order valence-electron chi connectivity index (χ1n) is 5.45. The summed E-state index contributed by atoms with van der Waals surface area (Å²) in [5.74, 6) is -1.18. The summed E-state index contributed by atoms with van der Waals surface area (Å²) in [6.07, 6.45) is 0. The number of aliphatic hydroxyl groups is 1. The van der Waals surface area contributed by atoms with Gasteiger partial charge in [0, 0.05) is 5.38 Å². The van der Waals surface area contributed by atoms with Crippen LogP contribution in [-0.2, 0) is 10.0 Å². The molecule has 6 nitrogen and oxygen atoms in total. The van der Waals surface area contributed by atoms with Crippen molar-refractivity contribution in [1.82, 2.24) is 4.72 Å². The molecule has 0 unspecified atom stereocenters. The number of rotatable bonds is 5. The molecule has 0 radical (unpaired) electrons. The second kappa shape index (κ2) is 4.86. The number of carbonyl (C=O) groups is 1. The fourth-order valence-electron chi connectivity index (χ4n) is 1.08. The van der Waals surface area contributed by atoms with Gasteiger partial charge in [0.05, 0.1) is 16.7 Å². The summed E-state index contributed by atoms with van der Waals surface area (Å²) >= 11 is 0.823. The summed E-state index contributed by atoms with van der Waals surface area (Å²) in [6.45, 7) is 6.09. The minimum absolute atomic E-state index is 0.0774. The van der Waals surface area contributed by atoms with Crippen LogP contribution in [0, 0.1) is 0 Å². The highest BCUT2D eigenvalue weighted by atomic mass is 32.2. The van der Waals surface area contributed by atoms with Gasteiger partial charge in [-0.2, -0.15) is 0 Å². The summed E-state index contributed by atoms with van der Waals surface area (Å²) in [6, 6.07) is 1.09. The third-order valence-electron chi connectivity index (χ3n) is 3.01. The molecule has 0 bridgehead atoms. The molecule has 0 aliphatic rings. The maximum Gasteiger partial charge on any atom is 0.336 e. The number of carboxylic acids is 1. The van der Waals surface area contributed by atoms with Gasteiger partial charge in [0.1, 0.15) is 4.21 Å². The van der Waals surface area contributed by atoms with Crippen LogP contribution in [0.5, 0.6) is 0 Å². The quantitative estimate of drug-likeness (QED) is 0.760. The number of sulfonamides is 1. The van der Waals surface area contributed by atoms with Crippen molar-refractivity contribution in [2.45, 2.75) is 43.0 Å². The number of thiophene rings is 1. The van der Waals surface area contributed by atoms with Gasteiger partial charge in [0.2, 0.25) is 0 Å². The molecule has 1 aromatic rings. The Kier molecular flexibility index (Phi) is 4.12. The topological polar surface area (TPSA) is 104 Å². The lowest BCUT2D eigenvalue weighted by molar-refractivity contribution is 0.00640. The van der Waals surface area contributed by atoms with Crippen LogP contribution in [-0.4, -0.2) is 35.7 Å². The Morgan fingerprint density at radius 1 is 1.32 bits per heavy atom. The lowest BCUT2D eigenvalue weighted by atomic mass is 9.87. The summed E-state index contributed by atoms with van der Waals surface area (Å²) in [7, 11) is -3.87. The zero-order valence-electron chi connectivity index (χ0n) is 11.1. The minimum atomic E-state index is -3.87. The molecule has 0 saturated heterocycles. The molecule has 8 heteroatoms. The molecule has 0 atom stereocenters. The van der Waals surface area contributed by atoms with Crippen molar-refractivity contribution in [3.8, 4) is 0 Å². The first kappa shape index (κ1) is 16.1. The van der Waals surface area contributed by atoms with E-state index in [1.54, 1.807) is 13.8 Å². The molecule has 0 saturated carbocycles. The molecule has 0 aliphatic heterocycles. The van der Waals surface area contributed by atoms with Crippen molar-refractivity contribution in [3.63, 3.8) is 0 Å². The van der Waals surface area contributed by atoms with Crippen LogP contribution in [0.3, 0.4) is 0 Å². The average molecular weight is 307 g/mol. The molecule has 1 rings (SSSR count). The fourth-order valence-corrected chi connectivity index (χ4v) is 3.77. The van der Waals surface area contributed by atoms with Crippen LogP contribution in [0.1, 0.15) is 38.1 Å². The Bertz CT molecular complexity index is 580. The van der Waals surface area contributed by atoms with Gasteiger partial charge in [-0.1, -0.05) is 0 Å². The molecule has 0 fully saturated rings. The van der Waals surface area contributed by atoms with E-state index in [9.17, 15) is 18.3 Å². The zero-order chi connectivity index (χ0) is 15.1. The third-order valence-corrected chi connectivity index (χ3v) is 6.10. The SMILES string of the molecule is CC(C)(O)C(C)(C)NS(=O)(=O)c1cc(C(=O)O)cs1. The molecule has 3 N–H and O–H groups in total. The lowest BCUT2D eigenvalue weighted by Crippen LogP contribution is -2.57. The van der Waals surface area contributed by atoms with Crippen LogP contribution in [0.25, 0.3) is 0 Å². The predicted octanol–water partition coefficient (Wildman–Crippen LogP) is 1.27. The zero-order valence-corrected chi connectivity index (χ0v) is 12.7. The van der Waals surface area contributed by atoms with Crippen molar-refractivity contribution in [1.29, 1.82) is 0 Å². The Balaban J connectivity index is 3.08. The van der Waals surface area contributed by atoms with Crippen molar-refractivity contribution in [3.05, 3.63) is 17.0 Å². The van der Waals surface area contributed by atoms with Crippen molar-refractivity contribution < 1.29 is 23.4 Å². The Morgan fingerprint density at radius 3 is 2.21 bits per heavy atom. The van der Waals surface area contributed by atoms with E-state index in [-0.39, 0.29) is 9.77 Å². The van der Waals surface area contributed by atoms with Crippen LogP contribution in [0.15, 0.2) is 15.7 Å². The third kappa shape index (κ3) is 3.53. The molecular formula is C11H17NO5S2. The smallest absolute Gasteiger partial charge is 0.336 e. The van der Waals surface area contributed by atoms with E-state index in [1.807, 2.05) is 0 Å². The number of carboxylic acid groups (broad SMARTS) is 1. The first-order valence-corrected chi connectivity index (χ1v) is 7.81. The van der Waals surface area contributed by atoms with E-state index in [2.05, 4.69) is 4.72 Å². The average Bonchev–Trinajstić information content (AvgIpc) is 2.62. The lowest BCUT2D eigenvalue weighted by Gasteiger charge is -2.37. The maximum atomic E-state index is 12.1. The molecule has 0 aromatic carbocycles. The van der Waals surface area contributed by atoms with Gasteiger partial charge in [-0.15, -0.1) is 11.3 Å². The summed E-state index contributed by atoms with van der Waals surface area (Å²) in [5.41, 5.74) is -2.45. The van der Waals surface area contributed by atoms with Crippen LogP contribution >= 0.6 is 11.3 Å². The normalized spacial score (nSPS) is 13.5. The standard InChI is InChI=1S/C11H17NO5S2/c1-10(2,11(3,4)15)12-19(16,17)8-5-7(6-18-8)9(13)14/h5-6,12,15H,1-4H3,(H,13,14). The number of aromatic carboxylic acids is 1. The highest BCUT2D eigenvalue weighted by Gasteiger charge is 2.39. The van der Waals surface area contributed by atoms with Crippen molar-refractivity contribution in [2.24, 2.45) is 0 Å². The van der Waals surface area contributed by atoms with Gasteiger partial charge in [-0.05, 0) is 33.8 Å². The van der Waals surface area contributed by atoms with E-state index in [0.29, 0.717) is 0 Å². The van der Waals surface area contributed by atoms with Crippen LogP contribution in [0.2, 0.25) is 0 Å². The molecule has 19 heavy (non-hydrogen) atoms. The molecule has 108 valence electrons. The fraction of sp³-hybridized carbons (Fsp3) is 0.545. The van der Waals surface area contributed by atoms with E-state index in [4.69, 9.17) is 5.11 Å². The van der Waals surface area contributed by atoms with Crippen LogP contribution in [0.4, 0.5) is 0 Å². The van der Waals surface area contributed by atoms with Crippen LogP contribution < -0.4 is 4.72 Å². The van der Waals surface area contributed by atoms with Gasteiger partial charge in [-0.25, -0.2) is 17.9 Å². The number of hydrogen-bond donors (Lipinski definition) is 3. The van der Waals surface area contributed by atoms with Crippen molar-refractivity contribution in [2.75, 3.05) is 0 Å². The minimum Gasteiger partial charge on any atom is -0.478 e. The second-order valence-corrected chi connectivity index (χ2v) is 8.07. The molecule has 1 heterocycles. The Morgan fingerprint density at radius 2 is 1.84 bits per heavy atom. The molecule has 0 spiro atoms. The van der Waals surface area contributed by atoms with Crippen molar-refractivity contribution >= 4 is 27.3 Å². The van der Waals surface area contributed by atoms with E-state index in [0.717, 1.165) is 17.4 Å². The van der Waals surface area contributed by atoms with Gasteiger partial charge < -0.3 is 10.2 Å². The molecule has 0 aliphatic carbocycles. The summed E-state index contributed by atoms with van der Waals surface area (Å²) in [5, 5.41) is 20.0.